The van der Waals surface area contributed by atoms with Gasteiger partial charge in [0.2, 0.25) is 0 Å². The molecule has 23 heavy (non-hydrogen) atoms. The summed E-state index contributed by atoms with van der Waals surface area (Å²) < 4.78 is 0. The molecule has 5 heteroatoms. The number of hydrogen-bond acceptors (Lipinski definition) is 4. The van der Waals surface area contributed by atoms with Crippen LogP contribution in [0.3, 0.4) is 0 Å². The van der Waals surface area contributed by atoms with Crippen LogP contribution in [0.25, 0.3) is 11.3 Å². The zero-order valence-electron chi connectivity index (χ0n) is 12.9. The minimum atomic E-state index is 0.372. The minimum Gasteiger partial charge on any atom is -0.290 e. The number of H-pyrrole nitrogens is 1. The lowest BCUT2D eigenvalue weighted by Gasteiger charge is -2.23. The average molecular weight is 305 g/mol. The van der Waals surface area contributed by atoms with Crippen molar-refractivity contribution in [3.8, 4) is 11.3 Å². The van der Waals surface area contributed by atoms with Crippen molar-refractivity contribution in [3.05, 3.63) is 66.4 Å². The van der Waals surface area contributed by atoms with Crippen LogP contribution in [0.2, 0.25) is 0 Å². The fourth-order valence-electron chi connectivity index (χ4n) is 3.35. The van der Waals surface area contributed by atoms with E-state index in [4.69, 9.17) is 0 Å². The van der Waals surface area contributed by atoms with E-state index < -0.39 is 0 Å². The number of aromatic amines is 1. The van der Waals surface area contributed by atoms with Crippen LogP contribution in [0.15, 0.2) is 55.1 Å². The lowest BCUT2D eigenvalue weighted by molar-refractivity contribution is 0.244. The van der Waals surface area contributed by atoms with Gasteiger partial charge in [-0.2, -0.15) is 5.10 Å². The van der Waals surface area contributed by atoms with Gasteiger partial charge < -0.3 is 0 Å². The fraction of sp³-hybridized carbons (Fsp3) is 0.278. The normalized spacial score (nSPS) is 18.3. The van der Waals surface area contributed by atoms with Crippen LogP contribution in [0.5, 0.6) is 0 Å². The van der Waals surface area contributed by atoms with Crippen molar-refractivity contribution in [3.63, 3.8) is 0 Å². The number of nitrogens with one attached hydrogen (secondary N) is 1. The predicted molar refractivity (Wildman–Crippen MR) is 88.4 cm³/mol. The molecule has 116 valence electrons. The third kappa shape index (κ3) is 2.87. The molecule has 0 spiro atoms. The van der Waals surface area contributed by atoms with Gasteiger partial charge in [0.05, 0.1) is 23.6 Å². The second-order valence-corrected chi connectivity index (χ2v) is 5.90. The van der Waals surface area contributed by atoms with Crippen molar-refractivity contribution in [2.45, 2.75) is 25.4 Å². The van der Waals surface area contributed by atoms with Crippen LogP contribution in [0, 0.1) is 0 Å². The van der Waals surface area contributed by atoms with E-state index in [1.165, 1.54) is 17.5 Å². The molecule has 2 aromatic heterocycles. The summed E-state index contributed by atoms with van der Waals surface area (Å²) in [5.74, 6) is 0. The number of hydrogen-bond donors (Lipinski definition) is 1. The van der Waals surface area contributed by atoms with Crippen molar-refractivity contribution < 1.29 is 0 Å². The fourth-order valence-corrected chi connectivity index (χ4v) is 3.35. The summed E-state index contributed by atoms with van der Waals surface area (Å²) in [4.78, 5) is 11.0. The summed E-state index contributed by atoms with van der Waals surface area (Å²) in [7, 11) is 0. The Bertz CT molecular complexity index is 753. The summed E-state index contributed by atoms with van der Waals surface area (Å²) in [5.41, 5.74) is 4.64. The third-order valence-corrected chi connectivity index (χ3v) is 4.46. The quantitative estimate of drug-likeness (QED) is 0.804. The smallest absolute Gasteiger partial charge is 0.115 e. The Morgan fingerprint density at radius 2 is 2.09 bits per heavy atom. The number of likely N-dealkylation sites (tertiary alicyclic amines) is 1. The van der Waals surface area contributed by atoms with Crippen molar-refractivity contribution >= 4 is 0 Å². The molecule has 3 heterocycles. The largest absolute Gasteiger partial charge is 0.290 e. The summed E-state index contributed by atoms with van der Waals surface area (Å²) in [6.07, 6.45) is 7.76. The standard InChI is InChI=1S/C18H19N5/c1-2-5-14(6-3-1)18-15(11-21-22-18)12-23-10-4-7-17(23)16-8-9-19-13-20-16/h1-3,5-6,8-9,11,13,17H,4,7,10,12H2,(H,21,22)/t17-/m1/s1. The van der Waals surface area contributed by atoms with Crippen molar-refractivity contribution in [2.75, 3.05) is 6.54 Å². The SMILES string of the molecule is c1ccc(-c2[nH]ncc2CN2CCC[C@@H]2c2ccncn2)cc1. The Hall–Kier alpha value is -2.53. The van der Waals surface area contributed by atoms with Crippen LogP contribution >= 0.6 is 0 Å². The summed E-state index contributed by atoms with van der Waals surface area (Å²) >= 11 is 0. The maximum atomic E-state index is 4.44. The molecular weight excluding hydrogens is 286 g/mol. The predicted octanol–water partition coefficient (Wildman–Crippen LogP) is 3.20. The molecule has 1 N–H and O–H groups in total. The maximum Gasteiger partial charge on any atom is 0.115 e. The highest BCUT2D eigenvalue weighted by atomic mass is 15.2. The maximum absolute atomic E-state index is 4.44. The molecule has 1 fully saturated rings. The number of nitrogens with zero attached hydrogens (tertiary/aromatic N) is 4. The van der Waals surface area contributed by atoms with Crippen LogP contribution in [-0.2, 0) is 6.54 Å². The van der Waals surface area contributed by atoms with E-state index in [1.54, 1.807) is 6.33 Å². The van der Waals surface area contributed by atoms with E-state index in [9.17, 15) is 0 Å². The Morgan fingerprint density at radius 1 is 1.17 bits per heavy atom. The molecule has 5 nitrogen and oxygen atoms in total. The molecule has 1 aliphatic heterocycles. The van der Waals surface area contributed by atoms with E-state index in [-0.39, 0.29) is 0 Å². The lowest BCUT2D eigenvalue weighted by Crippen LogP contribution is -2.23. The van der Waals surface area contributed by atoms with Gasteiger partial charge in [-0.15, -0.1) is 0 Å². The number of rotatable bonds is 4. The van der Waals surface area contributed by atoms with E-state index >= 15 is 0 Å². The van der Waals surface area contributed by atoms with Gasteiger partial charge >= 0.3 is 0 Å². The average Bonchev–Trinajstić information content (AvgIpc) is 3.26. The molecule has 3 aromatic rings. The first-order valence-corrected chi connectivity index (χ1v) is 7.99. The summed E-state index contributed by atoms with van der Waals surface area (Å²) in [5, 5.41) is 7.41. The first-order chi connectivity index (χ1) is 11.4. The highest BCUT2D eigenvalue weighted by molar-refractivity contribution is 5.62. The topological polar surface area (TPSA) is 57.7 Å². The van der Waals surface area contributed by atoms with Gasteiger partial charge in [-0.25, -0.2) is 9.97 Å². The molecule has 4 rings (SSSR count). The molecular formula is C18H19N5. The first kappa shape index (κ1) is 14.1. The van der Waals surface area contributed by atoms with Gasteiger partial charge in [0.15, 0.2) is 0 Å². The molecule has 0 saturated carbocycles. The highest BCUT2D eigenvalue weighted by Crippen LogP contribution is 2.33. The molecule has 0 unspecified atom stereocenters. The Kier molecular flexibility index (Phi) is 3.86. The van der Waals surface area contributed by atoms with Crippen molar-refractivity contribution in [1.29, 1.82) is 0 Å². The summed E-state index contributed by atoms with van der Waals surface area (Å²) in [6, 6.07) is 12.8. The van der Waals surface area contributed by atoms with E-state index in [2.05, 4.69) is 49.3 Å². The molecule has 0 aliphatic carbocycles. The Morgan fingerprint density at radius 3 is 2.91 bits per heavy atom. The minimum absolute atomic E-state index is 0.372. The third-order valence-electron chi connectivity index (χ3n) is 4.46. The zero-order valence-corrected chi connectivity index (χ0v) is 12.9. The second-order valence-electron chi connectivity index (χ2n) is 5.90. The van der Waals surface area contributed by atoms with Gasteiger partial charge in [0.1, 0.15) is 6.33 Å². The van der Waals surface area contributed by atoms with Crippen LogP contribution in [-0.4, -0.2) is 31.6 Å². The van der Waals surface area contributed by atoms with Crippen molar-refractivity contribution in [1.82, 2.24) is 25.1 Å². The van der Waals surface area contributed by atoms with E-state index in [1.807, 2.05) is 24.5 Å². The van der Waals surface area contributed by atoms with E-state index in [0.29, 0.717) is 6.04 Å². The Labute approximate surface area is 135 Å². The highest BCUT2D eigenvalue weighted by Gasteiger charge is 2.27. The van der Waals surface area contributed by atoms with Crippen LogP contribution < -0.4 is 0 Å². The van der Waals surface area contributed by atoms with Gasteiger partial charge in [-0.1, -0.05) is 30.3 Å². The molecule has 1 atom stereocenters. The van der Waals surface area contributed by atoms with Gasteiger partial charge in [0.25, 0.3) is 0 Å². The van der Waals surface area contributed by atoms with E-state index in [0.717, 1.165) is 30.9 Å². The van der Waals surface area contributed by atoms with Gasteiger partial charge in [-0.3, -0.25) is 10.00 Å². The van der Waals surface area contributed by atoms with Crippen LogP contribution in [0.1, 0.15) is 30.1 Å². The molecule has 0 bridgehead atoms. The molecule has 0 radical (unpaired) electrons. The first-order valence-electron chi connectivity index (χ1n) is 7.99. The van der Waals surface area contributed by atoms with Gasteiger partial charge in [0, 0.05) is 18.3 Å². The number of aromatic nitrogens is 4. The van der Waals surface area contributed by atoms with Crippen LogP contribution in [0.4, 0.5) is 0 Å². The van der Waals surface area contributed by atoms with Crippen molar-refractivity contribution in [2.24, 2.45) is 0 Å². The zero-order chi connectivity index (χ0) is 15.5. The van der Waals surface area contributed by atoms with Gasteiger partial charge in [-0.05, 0) is 31.0 Å². The second kappa shape index (κ2) is 6.30. The molecule has 1 aliphatic rings. The lowest BCUT2D eigenvalue weighted by atomic mass is 10.1. The molecule has 0 amide bonds. The summed E-state index contributed by atoms with van der Waals surface area (Å²) in [6.45, 7) is 1.98. The molecule has 1 saturated heterocycles. The monoisotopic (exact) mass is 305 g/mol. The number of benzene rings is 1. The Balaban J connectivity index is 1.58. The molecule has 1 aromatic carbocycles.